The van der Waals surface area contributed by atoms with E-state index < -0.39 is 6.10 Å². The van der Waals surface area contributed by atoms with E-state index in [9.17, 15) is 9.90 Å². The highest BCUT2D eigenvalue weighted by molar-refractivity contribution is 5.72. The monoisotopic (exact) mass is 214 g/mol. The van der Waals surface area contributed by atoms with Crippen LogP contribution >= 0.6 is 0 Å². The van der Waals surface area contributed by atoms with Crippen LogP contribution in [-0.2, 0) is 9.53 Å². The van der Waals surface area contributed by atoms with E-state index in [0.29, 0.717) is 6.61 Å². The van der Waals surface area contributed by atoms with Gasteiger partial charge in [-0.05, 0) is 32.6 Å². The van der Waals surface area contributed by atoms with Gasteiger partial charge in [-0.2, -0.15) is 0 Å². The van der Waals surface area contributed by atoms with Crippen LogP contribution in [0.2, 0.25) is 0 Å². The molecule has 0 saturated heterocycles. The van der Waals surface area contributed by atoms with Crippen LogP contribution in [-0.4, -0.2) is 23.8 Å². The number of carbonyl (C=O) groups is 1. The second kappa shape index (κ2) is 6.11. The van der Waals surface area contributed by atoms with Crippen molar-refractivity contribution in [1.82, 2.24) is 0 Å². The van der Waals surface area contributed by atoms with Crippen molar-refractivity contribution < 1.29 is 14.6 Å². The summed E-state index contributed by atoms with van der Waals surface area (Å²) >= 11 is 0. The van der Waals surface area contributed by atoms with Gasteiger partial charge in [0.1, 0.15) is 0 Å². The van der Waals surface area contributed by atoms with Crippen LogP contribution in [0.1, 0.15) is 46.0 Å². The largest absolute Gasteiger partial charge is 0.466 e. The summed E-state index contributed by atoms with van der Waals surface area (Å²) in [6.07, 6.45) is 5.19. The van der Waals surface area contributed by atoms with E-state index in [0.717, 1.165) is 12.8 Å². The zero-order valence-electron chi connectivity index (χ0n) is 9.74. The Hall–Kier alpha value is -0.570. The number of aliphatic hydroxyl groups excluding tert-OH is 1. The summed E-state index contributed by atoms with van der Waals surface area (Å²) in [5.41, 5.74) is 0. The summed E-state index contributed by atoms with van der Waals surface area (Å²) in [6, 6.07) is 0. The van der Waals surface area contributed by atoms with Gasteiger partial charge >= 0.3 is 5.97 Å². The van der Waals surface area contributed by atoms with E-state index in [1.807, 2.05) is 0 Å². The molecule has 1 fully saturated rings. The maximum atomic E-state index is 11.4. The minimum Gasteiger partial charge on any atom is -0.466 e. The second-order valence-electron chi connectivity index (χ2n) is 4.43. The molecule has 0 amide bonds. The maximum absolute atomic E-state index is 11.4. The fourth-order valence-corrected chi connectivity index (χ4v) is 2.30. The molecule has 2 atom stereocenters. The Bertz CT molecular complexity index is 197. The topological polar surface area (TPSA) is 46.5 Å². The minimum atomic E-state index is -0.524. The second-order valence-corrected chi connectivity index (χ2v) is 4.43. The predicted molar refractivity (Wildman–Crippen MR) is 58.4 cm³/mol. The van der Waals surface area contributed by atoms with Crippen molar-refractivity contribution in [2.75, 3.05) is 6.61 Å². The first-order valence-corrected chi connectivity index (χ1v) is 6.01. The SMILES string of the molecule is CCOC(=O)[C@@H](C)[C@@H](O)C1CCCCC1. The third-order valence-corrected chi connectivity index (χ3v) is 3.30. The highest BCUT2D eigenvalue weighted by Gasteiger charge is 2.30. The molecule has 1 rings (SSSR count). The van der Waals surface area contributed by atoms with Gasteiger partial charge in [0.05, 0.1) is 18.6 Å². The van der Waals surface area contributed by atoms with Crippen LogP contribution in [0.4, 0.5) is 0 Å². The van der Waals surface area contributed by atoms with Gasteiger partial charge in [0.2, 0.25) is 0 Å². The summed E-state index contributed by atoms with van der Waals surface area (Å²) in [5, 5.41) is 10.0. The van der Waals surface area contributed by atoms with Crippen molar-refractivity contribution >= 4 is 5.97 Å². The van der Waals surface area contributed by atoms with Gasteiger partial charge < -0.3 is 9.84 Å². The van der Waals surface area contributed by atoms with Crippen LogP contribution in [0.15, 0.2) is 0 Å². The van der Waals surface area contributed by atoms with E-state index in [2.05, 4.69) is 0 Å². The molecular formula is C12H22O3. The van der Waals surface area contributed by atoms with E-state index in [4.69, 9.17) is 4.74 Å². The lowest BCUT2D eigenvalue weighted by Gasteiger charge is -2.29. The van der Waals surface area contributed by atoms with Crippen LogP contribution in [0.5, 0.6) is 0 Å². The molecule has 0 heterocycles. The molecule has 1 N–H and O–H groups in total. The van der Waals surface area contributed by atoms with Crippen molar-refractivity contribution in [2.45, 2.75) is 52.1 Å². The predicted octanol–water partition coefficient (Wildman–Crippen LogP) is 2.13. The molecule has 3 heteroatoms. The van der Waals surface area contributed by atoms with E-state index >= 15 is 0 Å². The molecule has 0 aromatic rings. The first-order chi connectivity index (χ1) is 7.16. The average molecular weight is 214 g/mol. The lowest BCUT2D eigenvalue weighted by atomic mass is 9.81. The zero-order chi connectivity index (χ0) is 11.3. The quantitative estimate of drug-likeness (QED) is 0.729. The van der Waals surface area contributed by atoms with Crippen molar-refractivity contribution in [2.24, 2.45) is 11.8 Å². The smallest absolute Gasteiger partial charge is 0.311 e. The number of hydrogen-bond donors (Lipinski definition) is 1. The standard InChI is InChI=1S/C12H22O3/c1-3-15-12(14)9(2)11(13)10-7-5-4-6-8-10/h9-11,13H,3-8H2,1-2H3/t9-,11+/m0/s1. The number of aliphatic hydroxyl groups is 1. The molecule has 0 aromatic heterocycles. The lowest BCUT2D eigenvalue weighted by Crippen LogP contribution is -2.34. The van der Waals surface area contributed by atoms with Crippen LogP contribution < -0.4 is 0 Å². The molecule has 0 radical (unpaired) electrons. The van der Waals surface area contributed by atoms with Gasteiger partial charge in [-0.3, -0.25) is 4.79 Å². The molecule has 15 heavy (non-hydrogen) atoms. The van der Waals surface area contributed by atoms with E-state index in [1.165, 1.54) is 19.3 Å². The Labute approximate surface area is 91.8 Å². The maximum Gasteiger partial charge on any atom is 0.311 e. The number of carbonyl (C=O) groups excluding carboxylic acids is 1. The summed E-state index contributed by atoms with van der Waals surface area (Å²) in [4.78, 5) is 11.4. The number of rotatable bonds is 4. The number of esters is 1. The van der Waals surface area contributed by atoms with Gasteiger partial charge in [0, 0.05) is 0 Å². The number of hydrogen-bond acceptors (Lipinski definition) is 3. The highest BCUT2D eigenvalue weighted by Crippen LogP contribution is 2.29. The molecule has 1 aliphatic rings. The van der Waals surface area contributed by atoms with Crippen LogP contribution in [0, 0.1) is 11.8 Å². The van der Waals surface area contributed by atoms with Gasteiger partial charge in [0.25, 0.3) is 0 Å². The molecule has 3 nitrogen and oxygen atoms in total. The third kappa shape index (κ3) is 3.49. The van der Waals surface area contributed by atoms with Crippen LogP contribution in [0.3, 0.4) is 0 Å². The summed E-state index contributed by atoms with van der Waals surface area (Å²) < 4.78 is 4.92. The molecule has 1 saturated carbocycles. The number of ether oxygens (including phenoxy) is 1. The average Bonchev–Trinajstić information content (AvgIpc) is 2.28. The fourth-order valence-electron chi connectivity index (χ4n) is 2.30. The summed E-state index contributed by atoms with van der Waals surface area (Å²) in [7, 11) is 0. The molecular weight excluding hydrogens is 192 g/mol. The Balaban J connectivity index is 2.43. The van der Waals surface area contributed by atoms with Crippen molar-refractivity contribution in [3.8, 4) is 0 Å². The van der Waals surface area contributed by atoms with Crippen molar-refractivity contribution in [1.29, 1.82) is 0 Å². The third-order valence-electron chi connectivity index (χ3n) is 3.30. The normalized spacial score (nSPS) is 22.1. The lowest BCUT2D eigenvalue weighted by molar-refractivity contribution is -0.152. The highest BCUT2D eigenvalue weighted by atomic mass is 16.5. The van der Waals surface area contributed by atoms with Crippen LogP contribution in [0.25, 0.3) is 0 Å². The van der Waals surface area contributed by atoms with E-state index in [1.54, 1.807) is 13.8 Å². The first-order valence-electron chi connectivity index (χ1n) is 6.01. The van der Waals surface area contributed by atoms with Crippen molar-refractivity contribution in [3.05, 3.63) is 0 Å². The first kappa shape index (κ1) is 12.5. The molecule has 0 aliphatic heterocycles. The van der Waals surface area contributed by atoms with Gasteiger partial charge in [-0.1, -0.05) is 19.3 Å². The molecule has 1 aliphatic carbocycles. The minimum absolute atomic E-state index is 0.268. The summed E-state index contributed by atoms with van der Waals surface area (Å²) in [5.74, 6) is -0.359. The molecule has 88 valence electrons. The Morgan fingerprint density at radius 1 is 1.40 bits per heavy atom. The molecule has 0 unspecified atom stereocenters. The summed E-state index contributed by atoms with van der Waals surface area (Å²) in [6.45, 7) is 3.94. The molecule has 0 bridgehead atoms. The van der Waals surface area contributed by atoms with Gasteiger partial charge in [0.15, 0.2) is 0 Å². The van der Waals surface area contributed by atoms with Gasteiger partial charge in [-0.25, -0.2) is 0 Å². The van der Waals surface area contributed by atoms with Gasteiger partial charge in [-0.15, -0.1) is 0 Å². The molecule has 0 aromatic carbocycles. The fraction of sp³-hybridized carbons (Fsp3) is 0.917. The zero-order valence-corrected chi connectivity index (χ0v) is 9.74. The Morgan fingerprint density at radius 3 is 2.53 bits per heavy atom. The Morgan fingerprint density at radius 2 is 2.00 bits per heavy atom. The van der Waals surface area contributed by atoms with E-state index in [-0.39, 0.29) is 17.8 Å². The Kier molecular flexibility index (Phi) is 5.09. The van der Waals surface area contributed by atoms with Crippen molar-refractivity contribution in [3.63, 3.8) is 0 Å². The molecule has 0 spiro atoms.